The zero-order valence-corrected chi connectivity index (χ0v) is 15.9. The van der Waals surface area contributed by atoms with Gasteiger partial charge in [0.1, 0.15) is 17.9 Å². The molecular formula is C20H19ClN3OS+. The molecule has 0 unspecified atom stereocenters. The van der Waals surface area contributed by atoms with E-state index in [4.69, 9.17) is 11.6 Å². The summed E-state index contributed by atoms with van der Waals surface area (Å²) in [6.45, 7) is 6.05. The van der Waals surface area contributed by atoms with Crippen LogP contribution in [0.4, 0.5) is 16.5 Å². The van der Waals surface area contributed by atoms with Crippen LogP contribution in [0.15, 0.2) is 66.6 Å². The van der Waals surface area contributed by atoms with Gasteiger partial charge < -0.3 is 5.32 Å². The van der Waals surface area contributed by atoms with Crippen molar-refractivity contribution in [1.29, 1.82) is 0 Å². The number of nitrogens with zero attached hydrogens (tertiary/aromatic N) is 1. The highest BCUT2D eigenvalue weighted by atomic mass is 35.5. The maximum Gasteiger partial charge on any atom is 0.339 e. The molecule has 0 saturated carbocycles. The lowest BCUT2D eigenvalue weighted by atomic mass is 10.2. The first-order chi connectivity index (χ1) is 12.6. The van der Waals surface area contributed by atoms with Gasteiger partial charge in [-0.05, 0) is 48.5 Å². The Kier molecular flexibility index (Phi) is 5.71. The van der Waals surface area contributed by atoms with Gasteiger partial charge >= 0.3 is 5.13 Å². The molecule has 6 heteroatoms. The number of halogens is 1. The molecule has 0 aliphatic rings. The van der Waals surface area contributed by atoms with Crippen LogP contribution in [0, 0.1) is 0 Å². The highest BCUT2D eigenvalue weighted by molar-refractivity contribution is 7.13. The molecular weight excluding hydrogens is 366 g/mol. The van der Waals surface area contributed by atoms with Gasteiger partial charge in [0, 0.05) is 28.6 Å². The van der Waals surface area contributed by atoms with Gasteiger partial charge in [-0.2, -0.15) is 0 Å². The number of hydrogen-bond donors (Lipinski definition) is 2. The van der Waals surface area contributed by atoms with Crippen molar-refractivity contribution in [3.05, 3.63) is 71.6 Å². The third kappa shape index (κ3) is 4.31. The molecule has 1 aromatic heterocycles. The van der Waals surface area contributed by atoms with Crippen molar-refractivity contribution in [3.63, 3.8) is 0 Å². The number of anilines is 3. The molecule has 0 fully saturated rings. The second kappa shape index (κ2) is 8.17. The third-order valence-corrected chi connectivity index (χ3v) is 4.87. The molecule has 0 bridgehead atoms. The van der Waals surface area contributed by atoms with Crippen molar-refractivity contribution in [1.82, 2.24) is 0 Å². The Balaban J connectivity index is 1.87. The first-order valence-corrected chi connectivity index (χ1v) is 9.35. The molecule has 1 amide bonds. The van der Waals surface area contributed by atoms with Crippen molar-refractivity contribution in [2.45, 2.75) is 13.5 Å². The summed E-state index contributed by atoms with van der Waals surface area (Å²) in [4.78, 5) is 11.1. The lowest BCUT2D eigenvalue weighted by Gasteiger charge is -2.05. The lowest BCUT2D eigenvalue weighted by Crippen LogP contribution is -2.35. The predicted octanol–water partition coefficient (Wildman–Crippen LogP) is 5.24. The van der Waals surface area contributed by atoms with Gasteiger partial charge in [-0.1, -0.05) is 35.6 Å². The molecule has 4 nitrogen and oxygen atoms in total. The molecule has 0 saturated heterocycles. The van der Waals surface area contributed by atoms with Gasteiger partial charge in [-0.15, -0.1) is 0 Å². The summed E-state index contributed by atoms with van der Waals surface area (Å²) in [6.07, 6.45) is 1.87. The Morgan fingerprint density at radius 3 is 2.42 bits per heavy atom. The van der Waals surface area contributed by atoms with Gasteiger partial charge in [-0.3, -0.25) is 4.79 Å². The first-order valence-electron chi connectivity index (χ1n) is 8.09. The van der Waals surface area contributed by atoms with E-state index in [1.807, 2.05) is 54.6 Å². The number of thiazole rings is 1. The second-order valence-electron chi connectivity index (χ2n) is 5.72. The monoisotopic (exact) mass is 384 g/mol. The summed E-state index contributed by atoms with van der Waals surface area (Å²) in [5.41, 5.74) is 3.92. The molecule has 132 valence electrons. The van der Waals surface area contributed by atoms with Crippen LogP contribution in [-0.4, -0.2) is 5.91 Å². The Labute approximate surface area is 161 Å². The van der Waals surface area contributed by atoms with Crippen molar-refractivity contribution < 1.29 is 9.36 Å². The number of carbonyl (C=O) groups excluding carboxylic acids is 1. The maximum atomic E-state index is 11.1. The fraction of sp³-hybridized carbons (Fsp3) is 0.100. The second-order valence-corrected chi connectivity index (χ2v) is 7.01. The topological polar surface area (TPSA) is 45.0 Å². The average Bonchev–Trinajstić information content (AvgIpc) is 3.00. The average molecular weight is 385 g/mol. The first kappa shape index (κ1) is 18.2. The van der Waals surface area contributed by atoms with E-state index in [1.54, 1.807) is 11.3 Å². The number of nitrogens with one attached hydrogen (secondary N) is 2. The van der Waals surface area contributed by atoms with E-state index in [0.717, 1.165) is 32.8 Å². The third-order valence-electron chi connectivity index (χ3n) is 3.73. The Hall–Kier alpha value is -2.63. The lowest BCUT2D eigenvalue weighted by molar-refractivity contribution is -0.657. The van der Waals surface area contributed by atoms with Gasteiger partial charge in [0.25, 0.3) is 0 Å². The molecule has 0 aliphatic carbocycles. The minimum Gasteiger partial charge on any atom is -0.326 e. The van der Waals surface area contributed by atoms with Crippen molar-refractivity contribution in [2.24, 2.45) is 0 Å². The van der Waals surface area contributed by atoms with E-state index in [-0.39, 0.29) is 5.91 Å². The zero-order valence-electron chi connectivity index (χ0n) is 14.3. The summed E-state index contributed by atoms with van der Waals surface area (Å²) in [6, 6.07) is 15.4. The molecule has 2 aromatic carbocycles. The largest absolute Gasteiger partial charge is 0.339 e. The van der Waals surface area contributed by atoms with Crippen LogP contribution in [0.1, 0.15) is 6.92 Å². The quantitative estimate of drug-likeness (QED) is 0.450. The number of hydrogen-bond acceptors (Lipinski definition) is 3. The fourth-order valence-corrected chi connectivity index (χ4v) is 3.65. The maximum absolute atomic E-state index is 11.1. The molecule has 1 heterocycles. The van der Waals surface area contributed by atoms with Gasteiger partial charge in [0.15, 0.2) is 0 Å². The van der Waals surface area contributed by atoms with E-state index in [2.05, 4.69) is 27.2 Å². The molecule has 3 aromatic rings. The highest BCUT2D eigenvalue weighted by Crippen LogP contribution is 2.27. The Bertz CT molecular complexity index is 917. The molecule has 0 aliphatic heterocycles. The van der Waals surface area contributed by atoms with Crippen LogP contribution in [-0.2, 0) is 11.3 Å². The molecule has 2 N–H and O–H groups in total. The molecule has 3 rings (SSSR count). The van der Waals surface area contributed by atoms with Crippen LogP contribution in [0.2, 0.25) is 5.02 Å². The smallest absolute Gasteiger partial charge is 0.326 e. The van der Waals surface area contributed by atoms with E-state index < -0.39 is 0 Å². The van der Waals surface area contributed by atoms with Crippen molar-refractivity contribution >= 4 is 45.4 Å². The Morgan fingerprint density at radius 1 is 1.15 bits per heavy atom. The van der Waals surface area contributed by atoms with E-state index in [1.165, 1.54) is 6.92 Å². The summed E-state index contributed by atoms with van der Waals surface area (Å²) < 4.78 is 2.17. The van der Waals surface area contributed by atoms with Gasteiger partial charge in [0.2, 0.25) is 5.91 Å². The summed E-state index contributed by atoms with van der Waals surface area (Å²) in [5.74, 6) is -0.0830. The molecule has 26 heavy (non-hydrogen) atoms. The number of aromatic nitrogens is 1. The van der Waals surface area contributed by atoms with Crippen molar-refractivity contribution in [3.8, 4) is 11.3 Å². The van der Waals surface area contributed by atoms with Crippen LogP contribution in [0.5, 0.6) is 0 Å². The summed E-state index contributed by atoms with van der Waals surface area (Å²) in [5, 5.41) is 10.0. The Morgan fingerprint density at radius 2 is 1.81 bits per heavy atom. The molecule has 0 atom stereocenters. The zero-order chi connectivity index (χ0) is 18.5. The molecule has 0 spiro atoms. The van der Waals surface area contributed by atoms with Gasteiger partial charge in [0.05, 0.1) is 0 Å². The minimum atomic E-state index is -0.0830. The van der Waals surface area contributed by atoms with Crippen LogP contribution >= 0.6 is 22.9 Å². The van der Waals surface area contributed by atoms with Gasteiger partial charge in [-0.25, -0.2) is 9.88 Å². The highest BCUT2D eigenvalue weighted by Gasteiger charge is 2.18. The summed E-state index contributed by atoms with van der Waals surface area (Å²) in [7, 11) is 0. The van der Waals surface area contributed by atoms with E-state index >= 15 is 0 Å². The number of carbonyl (C=O) groups is 1. The van der Waals surface area contributed by atoms with Crippen LogP contribution in [0.3, 0.4) is 0 Å². The summed E-state index contributed by atoms with van der Waals surface area (Å²) >= 11 is 7.62. The minimum absolute atomic E-state index is 0.0830. The number of amides is 1. The van der Waals surface area contributed by atoms with E-state index in [9.17, 15) is 4.79 Å². The normalized spacial score (nSPS) is 10.4. The van der Waals surface area contributed by atoms with Crippen LogP contribution < -0.4 is 15.2 Å². The SMILES string of the molecule is C=CC[n+]1c(-c2ccc(Cl)cc2)csc1Nc1ccc(NC(C)=O)cc1. The number of rotatable bonds is 6. The molecule has 0 radical (unpaired) electrons. The van der Waals surface area contributed by atoms with Crippen molar-refractivity contribution in [2.75, 3.05) is 10.6 Å². The standard InChI is InChI=1S/C20H18ClN3OS/c1-3-12-24-19(15-4-6-16(21)7-5-15)13-26-20(24)23-18-10-8-17(9-11-18)22-14(2)25/h3-11,13H,1,12H2,2H3,(H,22,25)/p+1. The number of allylic oxidation sites excluding steroid dienone is 1. The predicted molar refractivity (Wildman–Crippen MR) is 109 cm³/mol. The van der Waals surface area contributed by atoms with E-state index in [0.29, 0.717) is 6.54 Å². The van der Waals surface area contributed by atoms with Crippen LogP contribution in [0.25, 0.3) is 11.3 Å². The fourth-order valence-electron chi connectivity index (χ4n) is 2.56. The number of benzene rings is 2.